The third kappa shape index (κ3) is 4.31. The molecule has 0 saturated heterocycles. The molecule has 0 fully saturated rings. The molecule has 0 bridgehead atoms. The van der Waals surface area contributed by atoms with Crippen molar-refractivity contribution in [3.63, 3.8) is 0 Å². The van der Waals surface area contributed by atoms with E-state index in [1.165, 1.54) is 5.30 Å². The zero-order chi connectivity index (χ0) is 15.4. The maximum Gasteiger partial charge on any atom is 1.00 e. The van der Waals surface area contributed by atoms with Crippen molar-refractivity contribution in [2.24, 2.45) is 0 Å². The van der Waals surface area contributed by atoms with E-state index in [1.807, 2.05) is 54.6 Å². The summed E-state index contributed by atoms with van der Waals surface area (Å²) in [5, 5.41) is 13.7. The van der Waals surface area contributed by atoms with Gasteiger partial charge in [0.1, 0.15) is 0 Å². The summed E-state index contributed by atoms with van der Waals surface area (Å²) in [6, 6.07) is 25.1. The fraction of sp³-hybridized carbons (Fsp3) is 0. The Morgan fingerprint density at radius 2 is 1.30 bits per heavy atom. The van der Waals surface area contributed by atoms with Crippen molar-refractivity contribution >= 4 is 25.2 Å². The van der Waals surface area contributed by atoms with Crippen molar-refractivity contribution in [1.82, 2.24) is 0 Å². The quantitative estimate of drug-likeness (QED) is 0.472. The summed E-state index contributed by atoms with van der Waals surface area (Å²) < 4.78 is 0. The molecule has 0 saturated carbocycles. The molecule has 0 spiro atoms. The maximum absolute atomic E-state index is 11.4. The van der Waals surface area contributed by atoms with E-state index in [1.54, 1.807) is 12.1 Å². The number of carboxylic acid groups (broad SMARTS) is 1. The molecule has 108 valence electrons. The van der Waals surface area contributed by atoms with E-state index in [2.05, 4.69) is 12.1 Å². The smallest absolute Gasteiger partial charge is 0.545 e. The summed E-state index contributed by atoms with van der Waals surface area (Å²) in [5.41, 5.74) is 1.89. The number of carboxylic acids is 1. The predicted octanol–water partition coefficient (Wildman–Crippen LogP) is -0.650. The Kier molecular flexibility index (Phi) is 6.56. The average Bonchev–Trinajstić information content (AvgIpc) is 2.56. The molecule has 3 aromatic rings. The number of rotatable bonds is 4. The van der Waals surface area contributed by atoms with Crippen LogP contribution in [-0.4, -0.2) is 5.97 Å². The fourth-order valence-electron chi connectivity index (χ4n) is 2.40. The zero-order valence-corrected chi connectivity index (χ0v) is 15.8. The zero-order valence-electron chi connectivity index (χ0n) is 12.8. The third-order valence-electron chi connectivity index (χ3n) is 3.42. The van der Waals surface area contributed by atoms with Crippen LogP contribution in [0, 0.1) is 0 Å². The molecular weight excluding hydrogens is 314 g/mol. The van der Waals surface area contributed by atoms with Crippen LogP contribution < -0.4 is 45.3 Å². The van der Waals surface area contributed by atoms with E-state index in [-0.39, 0.29) is 35.1 Å². The first kappa shape index (κ1) is 17.9. The van der Waals surface area contributed by atoms with Gasteiger partial charge in [0, 0.05) is 5.56 Å². The summed E-state index contributed by atoms with van der Waals surface area (Å²) in [5.74, 6) is -1.14. The first-order valence-corrected chi connectivity index (χ1v) is 7.97. The second-order valence-corrected chi connectivity index (χ2v) is 6.24. The molecule has 0 amide bonds. The summed E-state index contributed by atoms with van der Waals surface area (Å²) in [6.07, 6.45) is 0. The molecular formula is C19H14NaO2P. The minimum Gasteiger partial charge on any atom is -0.545 e. The number of aromatic carboxylic acids is 1. The predicted molar refractivity (Wildman–Crippen MR) is 90.2 cm³/mol. The first-order chi connectivity index (χ1) is 10.8. The van der Waals surface area contributed by atoms with Gasteiger partial charge in [-0.2, -0.15) is 0 Å². The van der Waals surface area contributed by atoms with Crippen molar-refractivity contribution in [1.29, 1.82) is 0 Å². The Balaban J connectivity index is 0.00000192. The first-order valence-electron chi connectivity index (χ1n) is 6.97. The molecule has 1 unspecified atom stereocenters. The van der Waals surface area contributed by atoms with Gasteiger partial charge in [0.2, 0.25) is 0 Å². The summed E-state index contributed by atoms with van der Waals surface area (Å²) in [7, 11) is 0.478. The molecule has 4 heteroatoms. The number of hydrogen-bond donors (Lipinski definition) is 0. The Hall–Kier alpha value is -1.44. The van der Waals surface area contributed by atoms with Crippen LogP contribution in [0.25, 0.3) is 11.1 Å². The molecule has 0 aliphatic heterocycles. The molecule has 23 heavy (non-hydrogen) atoms. The van der Waals surface area contributed by atoms with Gasteiger partial charge >= 0.3 is 29.6 Å². The number of carbonyl (C=O) groups excluding carboxylic acids is 1. The van der Waals surface area contributed by atoms with Crippen LogP contribution in [0.4, 0.5) is 0 Å². The molecule has 0 radical (unpaired) electrons. The maximum atomic E-state index is 11.4. The second-order valence-electron chi connectivity index (χ2n) is 4.87. The van der Waals surface area contributed by atoms with E-state index in [0.29, 0.717) is 14.1 Å². The molecule has 0 aliphatic rings. The van der Waals surface area contributed by atoms with E-state index in [4.69, 9.17) is 0 Å². The van der Waals surface area contributed by atoms with Crippen LogP contribution in [0.1, 0.15) is 10.4 Å². The molecule has 0 aliphatic carbocycles. The average molecular weight is 328 g/mol. The summed E-state index contributed by atoms with van der Waals surface area (Å²) in [6.45, 7) is 0. The van der Waals surface area contributed by atoms with Crippen LogP contribution >= 0.6 is 8.58 Å². The standard InChI is InChI=1S/C19H15O2P.Na/c20-19(21)17-12-5-4-10-15(17)16-11-6-7-13-18(16)22-14-8-2-1-3-9-14;/h1-13,22H,(H,20,21);/q;+1/p-1. The van der Waals surface area contributed by atoms with Crippen molar-refractivity contribution in [3.8, 4) is 11.1 Å². The van der Waals surface area contributed by atoms with Crippen molar-refractivity contribution in [2.45, 2.75) is 0 Å². The molecule has 0 N–H and O–H groups in total. The van der Waals surface area contributed by atoms with Crippen LogP contribution in [0.3, 0.4) is 0 Å². The molecule has 3 rings (SSSR count). The molecule has 1 atom stereocenters. The van der Waals surface area contributed by atoms with Gasteiger partial charge in [-0.25, -0.2) is 0 Å². The van der Waals surface area contributed by atoms with Crippen molar-refractivity contribution < 1.29 is 39.5 Å². The van der Waals surface area contributed by atoms with Crippen LogP contribution in [0.2, 0.25) is 0 Å². The van der Waals surface area contributed by atoms with Gasteiger partial charge in [0.05, 0.1) is 5.97 Å². The number of benzene rings is 3. The van der Waals surface area contributed by atoms with Gasteiger partial charge in [-0.05, 0) is 21.7 Å². The molecule has 0 heterocycles. The summed E-state index contributed by atoms with van der Waals surface area (Å²) >= 11 is 0. The van der Waals surface area contributed by atoms with Crippen LogP contribution in [-0.2, 0) is 0 Å². The van der Waals surface area contributed by atoms with E-state index in [9.17, 15) is 9.90 Å². The largest absolute Gasteiger partial charge is 1.00 e. The van der Waals surface area contributed by atoms with Gasteiger partial charge in [-0.1, -0.05) is 87.4 Å². The van der Waals surface area contributed by atoms with Crippen molar-refractivity contribution in [2.75, 3.05) is 0 Å². The van der Waals surface area contributed by atoms with Gasteiger partial charge in [-0.15, -0.1) is 0 Å². The number of hydrogen-bond acceptors (Lipinski definition) is 2. The Morgan fingerprint density at radius 1 is 0.739 bits per heavy atom. The summed E-state index contributed by atoms with van der Waals surface area (Å²) in [4.78, 5) is 11.4. The molecule has 2 nitrogen and oxygen atoms in total. The molecule has 3 aromatic carbocycles. The van der Waals surface area contributed by atoms with Gasteiger partial charge in [0.15, 0.2) is 0 Å². The normalized spacial score (nSPS) is 10.4. The van der Waals surface area contributed by atoms with E-state index in [0.717, 1.165) is 10.9 Å². The van der Waals surface area contributed by atoms with Gasteiger partial charge in [-0.3, -0.25) is 0 Å². The van der Waals surface area contributed by atoms with Gasteiger partial charge < -0.3 is 9.90 Å². The number of carbonyl (C=O) groups is 1. The third-order valence-corrected chi connectivity index (χ3v) is 4.74. The SMILES string of the molecule is O=C([O-])c1ccccc1-c1ccccc1Pc1ccccc1.[Na+]. The minimum atomic E-state index is -1.14. The Morgan fingerprint density at radius 3 is 2.00 bits per heavy atom. The second kappa shape index (κ2) is 8.42. The fourth-order valence-corrected chi connectivity index (χ4v) is 3.60. The Bertz CT molecular complexity index is 803. The van der Waals surface area contributed by atoms with Crippen LogP contribution in [0.15, 0.2) is 78.9 Å². The van der Waals surface area contributed by atoms with Gasteiger partial charge in [0.25, 0.3) is 0 Å². The van der Waals surface area contributed by atoms with Crippen LogP contribution in [0.5, 0.6) is 0 Å². The minimum absolute atomic E-state index is 0. The Labute approximate surface area is 159 Å². The van der Waals surface area contributed by atoms with Crippen molar-refractivity contribution in [3.05, 3.63) is 84.4 Å². The van der Waals surface area contributed by atoms with E-state index >= 15 is 0 Å². The monoisotopic (exact) mass is 328 g/mol. The topological polar surface area (TPSA) is 40.1 Å². The molecule has 0 aromatic heterocycles. The van der Waals surface area contributed by atoms with E-state index < -0.39 is 5.97 Å².